The number of amides is 3. The van der Waals surface area contributed by atoms with Gasteiger partial charge in [-0.05, 0) is 22.5 Å². The van der Waals surface area contributed by atoms with Gasteiger partial charge in [0.05, 0.1) is 0 Å². The van der Waals surface area contributed by atoms with Gasteiger partial charge in [0.2, 0.25) is 5.91 Å². The maximum atomic E-state index is 11.4. The molecule has 5 nitrogen and oxygen atoms in total. The maximum Gasteiger partial charge on any atom is 0.318 e. The Morgan fingerprint density at radius 1 is 1.13 bits per heavy atom. The number of carbonyl (C=O) groups is 2. The summed E-state index contributed by atoms with van der Waals surface area (Å²) in [4.78, 5) is 22.1. The minimum atomic E-state index is -0.812. The highest BCUT2D eigenvalue weighted by molar-refractivity contribution is 5.93. The molecule has 0 radical (unpaired) electrons. The number of hydrogen-bond acceptors (Lipinski definition) is 3. The third-order valence-electron chi connectivity index (χ3n) is 3.78. The molecular weight excluding hydrogens is 290 g/mol. The van der Waals surface area contributed by atoms with E-state index in [-0.39, 0.29) is 23.8 Å². The van der Waals surface area contributed by atoms with Gasteiger partial charge < -0.3 is 11.1 Å². The van der Waals surface area contributed by atoms with Gasteiger partial charge in [0.15, 0.2) is 0 Å². The Morgan fingerprint density at radius 2 is 1.70 bits per heavy atom. The van der Waals surface area contributed by atoms with E-state index in [1.165, 1.54) is 11.1 Å². The summed E-state index contributed by atoms with van der Waals surface area (Å²) in [6.07, 6.45) is 0.215. The second-order valence-electron chi connectivity index (χ2n) is 7.21. The van der Waals surface area contributed by atoms with Crippen molar-refractivity contribution in [2.75, 3.05) is 6.54 Å². The number of primary amides is 1. The molecule has 3 amide bonds. The normalized spacial score (nSPS) is 13.0. The van der Waals surface area contributed by atoms with Crippen LogP contribution in [0.4, 0.5) is 4.79 Å². The van der Waals surface area contributed by atoms with E-state index in [1.54, 1.807) is 0 Å². The lowest BCUT2D eigenvalue weighted by Gasteiger charge is -2.25. The molecule has 5 heteroatoms. The molecule has 1 atom stereocenters. The monoisotopic (exact) mass is 319 g/mol. The Kier molecular flexibility index (Phi) is 6.76. The Labute approximate surface area is 139 Å². The molecule has 0 saturated carbocycles. The smallest absolute Gasteiger partial charge is 0.318 e. The minimum absolute atomic E-state index is 0.131. The van der Waals surface area contributed by atoms with E-state index in [4.69, 9.17) is 5.73 Å². The van der Waals surface area contributed by atoms with Crippen LogP contribution < -0.4 is 16.4 Å². The van der Waals surface area contributed by atoms with Gasteiger partial charge >= 0.3 is 6.03 Å². The molecular formula is C18H29N3O2. The Hall–Kier alpha value is -1.88. The van der Waals surface area contributed by atoms with Gasteiger partial charge in [0.1, 0.15) is 0 Å². The summed E-state index contributed by atoms with van der Waals surface area (Å²) in [5.74, 6) is 0.0188. The fourth-order valence-electron chi connectivity index (χ4n) is 2.47. The van der Waals surface area contributed by atoms with Gasteiger partial charge in [0, 0.05) is 19.0 Å². The predicted molar refractivity (Wildman–Crippen MR) is 93.1 cm³/mol. The summed E-state index contributed by atoms with van der Waals surface area (Å²) in [6.45, 7) is 11.3. The average Bonchev–Trinajstić information content (AvgIpc) is 2.41. The van der Waals surface area contributed by atoms with Crippen LogP contribution in [0, 0.1) is 5.92 Å². The van der Waals surface area contributed by atoms with Gasteiger partial charge in [-0.25, -0.2) is 4.79 Å². The molecule has 128 valence electrons. The highest BCUT2D eigenvalue weighted by Gasteiger charge is 2.18. The molecule has 1 rings (SSSR count). The van der Waals surface area contributed by atoms with Crippen molar-refractivity contribution in [1.29, 1.82) is 0 Å². The van der Waals surface area contributed by atoms with E-state index in [0.717, 1.165) is 0 Å². The first-order chi connectivity index (χ1) is 10.6. The van der Waals surface area contributed by atoms with Crippen LogP contribution in [0.15, 0.2) is 24.3 Å². The summed E-state index contributed by atoms with van der Waals surface area (Å²) in [6, 6.07) is 7.94. The lowest BCUT2D eigenvalue weighted by molar-refractivity contribution is -0.119. The van der Waals surface area contributed by atoms with Crippen molar-refractivity contribution in [1.82, 2.24) is 10.6 Å². The van der Waals surface area contributed by atoms with Gasteiger partial charge in [-0.15, -0.1) is 0 Å². The number of urea groups is 1. The van der Waals surface area contributed by atoms with Crippen LogP contribution in [0.3, 0.4) is 0 Å². The molecule has 0 fully saturated rings. The summed E-state index contributed by atoms with van der Waals surface area (Å²) >= 11 is 0. The first kappa shape index (κ1) is 19.2. The molecule has 4 N–H and O–H groups in total. The maximum absolute atomic E-state index is 11.4. The number of carbonyl (C=O) groups excluding carboxylic acids is 2. The average molecular weight is 319 g/mol. The lowest BCUT2D eigenvalue weighted by Crippen LogP contribution is -2.37. The number of imide groups is 1. The summed E-state index contributed by atoms with van der Waals surface area (Å²) < 4.78 is 0. The lowest BCUT2D eigenvalue weighted by atomic mass is 9.85. The van der Waals surface area contributed by atoms with E-state index in [9.17, 15) is 9.59 Å². The molecule has 0 aliphatic heterocycles. The zero-order valence-electron chi connectivity index (χ0n) is 14.8. The number of nitrogens with one attached hydrogen (secondary N) is 2. The van der Waals surface area contributed by atoms with Crippen LogP contribution in [-0.4, -0.2) is 18.5 Å². The molecule has 1 unspecified atom stereocenters. The molecule has 0 aliphatic carbocycles. The van der Waals surface area contributed by atoms with Crippen LogP contribution in [0.5, 0.6) is 0 Å². The highest BCUT2D eigenvalue weighted by atomic mass is 16.2. The zero-order chi connectivity index (χ0) is 17.6. The van der Waals surface area contributed by atoms with E-state index < -0.39 is 6.03 Å². The third-order valence-corrected chi connectivity index (χ3v) is 3.78. The van der Waals surface area contributed by atoms with Crippen molar-refractivity contribution < 1.29 is 9.59 Å². The zero-order valence-corrected chi connectivity index (χ0v) is 14.8. The van der Waals surface area contributed by atoms with Crippen molar-refractivity contribution in [3.05, 3.63) is 35.4 Å². The van der Waals surface area contributed by atoms with Crippen LogP contribution >= 0.6 is 0 Å². The van der Waals surface area contributed by atoms with E-state index in [2.05, 4.69) is 69.5 Å². The van der Waals surface area contributed by atoms with Gasteiger partial charge in [-0.1, -0.05) is 58.9 Å². The largest absolute Gasteiger partial charge is 0.351 e. The van der Waals surface area contributed by atoms with Crippen molar-refractivity contribution in [3.63, 3.8) is 0 Å². The first-order valence-corrected chi connectivity index (χ1v) is 8.04. The van der Waals surface area contributed by atoms with Crippen molar-refractivity contribution in [3.8, 4) is 0 Å². The Bertz CT molecular complexity index is 530. The summed E-state index contributed by atoms with van der Waals surface area (Å²) in [7, 11) is 0. The fraction of sp³-hybridized carbons (Fsp3) is 0.556. The standard InChI is InChI=1S/C18H29N3O2/c1-12(2)16(20-11-10-15(22)21-17(19)23)13-6-8-14(9-7-13)18(3,4)5/h6-9,12,16,20H,10-11H2,1-5H3,(H3,19,21,22,23). The quantitative estimate of drug-likeness (QED) is 0.754. The molecule has 0 aromatic heterocycles. The summed E-state index contributed by atoms with van der Waals surface area (Å²) in [5, 5.41) is 5.45. The number of rotatable bonds is 6. The second kappa shape index (κ2) is 8.11. The summed E-state index contributed by atoms with van der Waals surface area (Å²) in [5.41, 5.74) is 7.55. The van der Waals surface area contributed by atoms with E-state index in [1.807, 2.05) is 0 Å². The molecule has 0 heterocycles. The van der Waals surface area contributed by atoms with Gasteiger partial charge in [0.25, 0.3) is 0 Å². The molecule has 0 aliphatic rings. The van der Waals surface area contributed by atoms with Crippen LogP contribution in [0.25, 0.3) is 0 Å². The Balaban J connectivity index is 2.68. The molecule has 0 spiro atoms. The van der Waals surface area contributed by atoms with Crippen LogP contribution in [-0.2, 0) is 10.2 Å². The first-order valence-electron chi connectivity index (χ1n) is 8.04. The van der Waals surface area contributed by atoms with E-state index >= 15 is 0 Å². The molecule has 0 saturated heterocycles. The van der Waals surface area contributed by atoms with Gasteiger partial charge in [-0.3, -0.25) is 10.1 Å². The topological polar surface area (TPSA) is 84.2 Å². The third kappa shape index (κ3) is 6.40. The number of benzene rings is 1. The predicted octanol–water partition coefficient (Wildman–Crippen LogP) is 2.86. The number of hydrogen-bond donors (Lipinski definition) is 3. The van der Waals surface area contributed by atoms with Gasteiger partial charge in [-0.2, -0.15) is 0 Å². The second-order valence-corrected chi connectivity index (χ2v) is 7.21. The van der Waals surface area contributed by atoms with Crippen LogP contribution in [0.2, 0.25) is 0 Å². The molecule has 1 aromatic rings. The van der Waals surface area contributed by atoms with Crippen molar-refractivity contribution in [2.24, 2.45) is 11.7 Å². The highest BCUT2D eigenvalue weighted by Crippen LogP contribution is 2.26. The number of nitrogens with two attached hydrogens (primary N) is 1. The van der Waals surface area contributed by atoms with E-state index in [0.29, 0.717) is 12.5 Å². The van der Waals surface area contributed by atoms with Crippen molar-refractivity contribution >= 4 is 11.9 Å². The Morgan fingerprint density at radius 3 is 2.13 bits per heavy atom. The SMILES string of the molecule is CC(C)C(NCCC(=O)NC(N)=O)c1ccc(C(C)(C)C)cc1. The molecule has 0 bridgehead atoms. The fourth-order valence-corrected chi connectivity index (χ4v) is 2.47. The van der Waals surface area contributed by atoms with Crippen LogP contribution in [0.1, 0.15) is 58.2 Å². The molecule has 1 aromatic carbocycles. The van der Waals surface area contributed by atoms with Crippen molar-refractivity contribution in [2.45, 2.75) is 52.5 Å². The molecule has 23 heavy (non-hydrogen) atoms. The minimum Gasteiger partial charge on any atom is -0.351 e.